The zero-order valence-electron chi connectivity index (χ0n) is 23.0. The van der Waals surface area contributed by atoms with Gasteiger partial charge in [-0.2, -0.15) is 15.3 Å². The van der Waals surface area contributed by atoms with E-state index in [9.17, 15) is 4.79 Å². The van der Waals surface area contributed by atoms with Crippen LogP contribution >= 0.6 is 0 Å². The number of amides is 1. The number of aryl methyl sites for hydroxylation is 1. The topological polar surface area (TPSA) is 114 Å². The number of likely N-dealkylation sites (tertiary alicyclic amines) is 1. The van der Waals surface area contributed by atoms with E-state index in [1.165, 1.54) is 0 Å². The van der Waals surface area contributed by atoms with Crippen molar-refractivity contribution in [3.63, 3.8) is 0 Å². The van der Waals surface area contributed by atoms with Crippen molar-refractivity contribution < 1.29 is 23.7 Å². The minimum absolute atomic E-state index is 0.0724. The maximum absolute atomic E-state index is 12.2. The van der Waals surface area contributed by atoms with Gasteiger partial charge in [0.1, 0.15) is 11.4 Å². The smallest absolute Gasteiger partial charge is 0.410 e. The molecule has 1 aromatic carbocycles. The number of nitrogens with zero attached hydrogens (tertiary/aromatic N) is 6. The van der Waals surface area contributed by atoms with E-state index < -0.39 is 5.60 Å². The Hall–Kier alpha value is -4.25. The van der Waals surface area contributed by atoms with Crippen molar-refractivity contribution in [2.24, 2.45) is 7.05 Å². The van der Waals surface area contributed by atoms with Crippen LogP contribution in [0, 0.1) is 0 Å². The molecule has 0 spiro atoms. The molecular formula is C28H32N6O5. The minimum Gasteiger partial charge on any atom is -0.479 e. The lowest BCUT2D eigenvalue weighted by Gasteiger charge is -2.39. The van der Waals surface area contributed by atoms with Crippen LogP contribution in [-0.2, 0) is 16.5 Å². The monoisotopic (exact) mass is 532 g/mol. The molecule has 0 aliphatic carbocycles. The van der Waals surface area contributed by atoms with Crippen molar-refractivity contribution in [2.45, 2.75) is 32.3 Å². The lowest BCUT2D eigenvalue weighted by molar-refractivity contribution is 0.00780. The van der Waals surface area contributed by atoms with E-state index in [0.29, 0.717) is 35.9 Å². The van der Waals surface area contributed by atoms with Gasteiger partial charge in [-0.25, -0.2) is 9.78 Å². The molecule has 1 fully saturated rings. The molecule has 1 saturated heterocycles. The number of pyridine rings is 1. The zero-order valence-corrected chi connectivity index (χ0v) is 23.0. The van der Waals surface area contributed by atoms with Crippen molar-refractivity contribution in [2.75, 3.05) is 34.1 Å². The second-order valence-electron chi connectivity index (χ2n) is 10.4. The number of carbonyl (C=O) groups excluding carboxylic acids is 1. The van der Waals surface area contributed by atoms with Crippen LogP contribution in [0.1, 0.15) is 32.4 Å². The number of fused-ring (bicyclic) bond motifs is 1. The molecule has 0 atom stereocenters. The quantitative estimate of drug-likeness (QED) is 0.319. The summed E-state index contributed by atoms with van der Waals surface area (Å²) in [6.45, 7) is 6.75. The van der Waals surface area contributed by atoms with Crippen molar-refractivity contribution >= 4 is 17.0 Å². The van der Waals surface area contributed by atoms with Crippen molar-refractivity contribution in [3.05, 3.63) is 48.3 Å². The first-order valence-corrected chi connectivity index (χ1v) is 12.6. The van der Waals surface area contributed by atoms with Gasteiger partial charge in [0.15, 0.2) is 12.3 Å². The molecule has 0 unspecified atom stereocenters. The molecule has 3 aromatic heterocycles. The number of aromatic nitrogens is 5. The Morgan fingerprint density at radius 3 is 2.51 bits per heavy atom. The summed E-state index contributed by atoms with van der Waals surface area (Å²) in [5.74, 6) is 1.16. The predicted molar refractivity (Wildman–Crippen MR) is 145 cm³/mol. The summed E-state index contributed by atoms with van der Waals surface area (Å²) >= 11 is 0. The standard InChI is InChI=1S/C28H32N6O5/c1-28(2,3)39-27(35)34-14-19(15-34)21-9-10-22(31-30-21)20-8-7-17(12-24(20)38-16-36-5)23-11-18-13-33(4)32-25(18)26(29-23)37-6/h7-13,19H,14-16H2,1-6H3. The second kappa shape index (κ2) is 10.5. The van der Waals surface area contributed by atoms with Gasteiger partial charge >= 0.3 is 6.09 Å². The van der Waals surface area contributed by atoms with Crippen molar-refractivity contribution in [1.29, 1.82) is 0 Å². The van der Waals surface area contributed by atoms with Gasteiger partial charge in [0.2, 0.25) is 5.88 Å². The molecule has 11 nitrogen and oxygen atoms in total. The number of methoxy groups -OCH3 is 2. The SMILES string of the molecule is COCOc1cc(-c2cc3cn(C)nc3c(OC)n2)ccc1-c1ccc(C2CN(C(=O)OC(C)(C)C)C2)nn1. The van der Waals surface area contributed by atoms with Gasteiger partial charge in [-0.3, -0.25) is 4.68 Å². The molecule has 11 heteroatoms. The summed E-state index contributed by atoms with van der Waals surface area (Å²) in [5.41, 5.74) is 4.01. The molecule has 0 saturated carbocycles. The minimum atomic E-state index is -0.518. The van der Waals surface area contributed by atoms with Gasteiger partial charge in [-0.05, 0) is 51.1 Å². The molecule has 39 heavy (non-hydrogen) atoms. The third kappa shape index (κ3) is 5.63. The van der Waals surface area contributed by atoms with Crippen LogP contribution in [0.3, 0.4) is 0 Å². The summed E-state index contributed by atoms with van der Waals surface area (Å²) < 4.78 is 23.7. The van der Waals surface area contributed by atoms with Gasteiger partial charge in [-0.1, -0.05) is 6.07 Å². The Balaban J connectivity index is 1.38. The highest BCUT2D eigenvalue weighted by Gasteiger charge is 2.35. The number of hydrogen-bond acceptors (Lipinski definition) is 9. The van der Waals surface area contributed by atoms with Crippen LogP contribution in [0.15, 0.2) is 42.6 Å². The van der Waals surface area contributed by atoms with Gasteiger partial charge < -0.3 is 23.8 Å². The van der Waals surface area contributed by atoms with E-state index in [0.717, 1.165) is 27.9 Å². The van der Waals surface area contributed by atoms with Crippen LogP contribution in [-0.4, -0.2) is 75.7 Å². The average Bonchev–Trinajstić information content (AvgIpc) is 3.25. The highest BCUT2D eigenvalue weighted by Crippen LogP contribution is 2.36. The molecule has 1 aliphatic heterocycles. The Labute approximate surface area is 226 Å². The fourth-order valence-electron chi connectivity index (χ4n) is 4.39. The van der Waals surface area contributed by atoms with Gasteiger partial charge in [0.05, 0.1) is 24.2 Å². The summed E-state index contributed by atoms with van der Waals surface area (Å²) in [6, 6.07) is 11.6. The third-order valence-electron chi connectivity index (χ3n) is 6.29. The molecule has 4 heterocycles. The van der Waals surface area contributed by atoms with Crippen molar-refractivity contribution in [3.8, 4) is 34.1 Å². The Bertz CT molecular complexity index is 1490. The average molecular weight is 533 g/mol. The maximum Gasteiger partial charge on any atom is 0.410 e. The molecule has 0 bridgehead atoms. The number of benzene rings is 1. The fraction of sp³-hybridized carbons (Fsp3) is 0.393. The van der Waals surface area contributed by atoms with E-state index in [1.54, 1.807) is 23.8 Å². The highest BCUT2D eigenvalue weighted by molar-refractivity contribution is 5.87. The van der Waals surface area contributed by atoms with Crippen LogP contribution in [0.5, 0.6) is 11.6 Å². The first-order chi connectivity index (χ1) is 18.6. The second-order valence-corrected chi connectivity index (χ2v) is 10.4. The molecule has 5 rings (SSSR count). The van der Waals surface area contributed by atoms with Crippen LogP contribution in [0.4, 0.5) is 4.79 Å². The molecule has 204 valence electrons. The Morgan fingerprint density at radius 2 is 1.85 bits per heavy atom. The van der Waals surface area contributed by atoms with E-state index in [-0.39, 0.29) is 18.8 Å². The summed E-state index contributed by atoms with van der Waals surface area (Å²) in [6.07, 6.45) is 1.62. The van der Waals surface area contributed by atoms with Gasteiger partial charge in [-0.15, -0.1) is 0 Å². The Kier molecular flexibility index (Phi) is 7.09. The van der Waals surface area contributed by atoms with E-state index in [4.69, 9.17) is 18.9 Å². The molecule has 1 aliphatic rings. The fourth-order valence-corrected chi connectivity index (χ4v) is 4.39. The van der Waals surface area contributed by atoms with Crippen molar-refractivity contribution in [1.82, 2.24) is 29.9 Å². The first-order valence-electron chi connectivity index (χ1n) is 12.6. The zero-order chi connectivity index (χ0) is 27.7. The lowest BCUT2D eigenvalue weighted by atomic mass is 9.96. The number of hydrogen-bond donors (Lipinski definition) is 0. The summed E-state index contributed by atoms with van der Waals surface area (Å²) in [4.78, 5) is 18.6. The largest absolute Gasteiger partial charge is 0.479 e. The first kappa shape index (κ1) is 26.4. The lowest BCUT2D eigenvalue weighted by Crippen LogP contribution is -2.50. The van der Waals surface area contributed by atoms with Gasteiger partial charge in [0, 0.05) is 55.9 Å². The van der Waals surface area contributed by atoms with E-state index in [2.05, 4.69) is 20.3 Å². The van der Waals surface area contributed by atoms with Crippen LogP contribution < -0.4 is 9.47 Å². The molecule has 0 N–H and O–H groups in total. The maximum atomic E-state index is 12.2. The molecule has 0 radical (unpaired) electrons. The third-order valence-corrected chi connectivity index (χ3v) is 6.29. The van der Waals surface area contributed by atoms with Crippen LogP contribution in [0.2, 0.25) is 0 Å². The highest BCUT2D eigenvalue weighted by atomic mass is 16.7. The number of carbonyl (C=O) groups is 1. The summed E-state index contributed by atoms with van der Waals surface area (Å²) in [5, 5.41) is 14.3. The van der Waals surface area contributed by atoms with Crippen LogP contribution in [0.25, 0.3) is 33.4 Å². The normalized spacial score (nSPS) is 13.8. The predicted octanol–water partition coefficient (Wildman–Crippen LogP) is 4.42. The summed E-state index contributed by atoms with van der Waals surface area (Å²) in [7, 11) is 5.01. The molecule has 4 aromatic rings. The van der Waals surface area contributed by atoms with E-state index >= 15 is 0 Å². The molecule has 1 amide bonds. The number of ether oxygens (including phenoxy) is 4. The Morgan fingerprint density at radius 1 is 1.05 bits per heavy atom. The van der Waals surface area contributed by atoms with E-state index in [1.807, 2.05) is 70.4 Å². The number of rotatable bonds is 7. The van der Waals surface area contributed by atoms with Gasteiger partial charge in [0.25, 0.3) is 0 Å². The molecular weight excluding hydrogens is 500 g/mol.